The van der Waals surface area contributed by atoms with Gasteiger partial charge in [0.25, 0.3) is 0 Å². The summed E-state index contributed by atoms with van der Waals surface area (Å²) in [6, 6.07) is 9.78. The number of rotatable bonds is 4. The zero-order valence-corrected chi connectivity index (χ0v) is 17.0. The first-order valence-electron chi connectivity index (χ1n) is 9.93. The third-order valence-corrected chi connectivity index (χ3v) is 6.43. The van der Waals surface area contributed by atoms with Gasteiger partial charge in [-0.3, -0.25) is 15.6 Å². The average Bonchev–Trinajstić information content (AvgIpc) is 3.24. The third kappa shape index (κ3) is 3.90. The SMILES string of the molecule is C[C@H]1c2cccc(C3CNNC3)c2C[C@H](CO)N1C(=O)Cc1cc(F)ccc1Cl. The van der Waals surface area contributed by atoms with Crippen LogP contribution in [0.2, 0.25) is 5.02 Å². The van der Waals surface area contributed by atoms with Crippen LogP contribution in [-0.4, -0.2) is 41.7 Å². The van der Waals surface area contributed by atoms with Gasteiger partial charge < -0.3 is 10.0 Å². The third-order valence-electron chi connectivity index (χ3n) is 6.06. The van der Waals surface area contributed by atoms with Crippen molar-refractivity contribution in [3.05, 3.63) is 69.5 Å². The molecule has 0 saturated carbocycles. The van der Waals surface area contributed by atoms with E-state index in [4.69, 9.17) is 11.6 Å². The molecule has 2 aliphatic rings. The van der Waals surface area contributed by atoms with Crippen molar-refractivity contribution in [2.75, 3.05) is 19.7 Å². The van der Waals surface area contributed by atoms with Crippen LogP contribution >= 0.6 is 11.6 Å². The van der Waals surface area contributed by atoms with E-state index in [-0.39, 0.29) is 31.0 Å². The normalized spacial score (nSPS) is 22.0. The molecule has 2 aromatic rings. The molecule has 0 unspecified atom stereocenters. The number of aliphatic hydroxyl groups is 1. The number of hydrazine groups is 1. The molecule has 2 atom stereocenters. The van der Waals surface area contributed by atoms with Gasteiger partial charge in [-0.25, -0.2) is 4.39 Å². The van der Waals surface area contributed by atoms with Crippen LogP contribution in [0.1, 0.15) is 41.1 Å². The minimum atomic E-state index is -0.420. The Hall–Kier alpha value is -1.99. The summed E-state index contributed by atoms with van der Waals surface area (Å²) in [7, 11) is 0. The van der Waals surface area contributed by atoms with Crippen molar-refractivity contribution in [1.29, 1.82) is 0 Å². The maximum atomic E-state index is 13.6. The van der Waals surface area contributed by atoms with E-state index in [2.05, 4.69) is 23.0 Å². The molecule has 0 radical (unpaired) electrons. The molecule has 4 rings (SSSR count). The van der Waals surface area contributed by atoms with Crippen LogP contribution in [0.15, 0.2) is 36.4 Å². The second-order valence-electron chi connectivity index (χ2n) is 7.80. The number of halogens is 2. The van der Waals surface area contributed by atoms with Gasteiger partial charge in [-0.1, -0.05) is 29.8 Å². The molecular formula is C22H25ClFN3O2. The van der Waals surface area contributed by atoms with Gasteiger partial charge in [0.15, 0.2) is 0 Å². The highest BCUT2D eigenvalue weighted by Crippen LogP contribution is 2.37. The molecule has 3 N–H and O–H groups in total. The topological polar surface area (TPSA) is 64.6 Å². The number of amides is 1. The molecule has 1 amide bonds. The lowest BCUT2D eigenvalue weighted by molar-refractivity contribution is -0.137. The number of carbonyl (C=O) groups is 1. The molecule has 2 aliphatic heterocycles. The van der Waals surface area contributed by atoms with E-state index >= 15 is 0 Å². The molecule has 5 nitrogen and oxygen atoms in total. The van der Waals surface area contributed by atoms with Crippen molar-refractivity contribution in [3.63, 3.8) is 0 Å². The van der Waals surface area contributed by atoms with Crippen LogP contribution in [0, 0.1) is 5.82 Å². The largest absolute Gasteiger partial charge is 0.394 e. The molecule has 29 heavy (non-hydrogen) atoms. The van der Waals surface area contributed by atoms with Crippen molar-refractivity contribution >= 4 is 17.5 Å². The summed E-state index contributed by atoms with van der Waals surface area (Å²) < 4.78 is 13.6. The van der Waals surface area contributed by atoms with E-state index in [1.807, 2.05) is 13.0 Å². The first-order valence-corrected chi connectivity index (χ1v) is 10.3. The number of nitrogens with one attached hydrogen (secondary N) is 2. The Morgan fingerprint density at radius 1 is 1.24 bits per heavy atom. The zero-order chi connectivity index (χ0) is 20.5. The van der Waals surface area contributed by atoms with Gasteiger partial charge in [0.2, 0.25) is 5.91 Å². The van der Waals surface area contributed by atoms with Crippen LogP contribution in [0.5, 0.6) is 0 Å². The van der Waals surface area contributed by atoms with E-state index in [1.165, 1.54) is 29.3 Å². The number of fused-ring (bicyclic) bond motifs is 1. The van der Waals surface area contributed by atoms with Gasteiger partial charge in [0.05, 0.1) is 25.1 Å². The standard InChI is InChI=1S/C22H25ClFN3O2/c1-13-18-3-2-4-19(15-10-25-26-11-15)20(18)9-17(12-28)27(13)22(29)8-14-7-16(24)5-6-21(14)23/h2-7,13,15,17,25-26,28H,8-12H2,1H3/t13-,17+/m0/s1. The van der Waals surface area contributed by atoms with Crippen molar-refractivity contribution in [1.82, 2.24) is 15.8 Å². The molecule has 1 fully saturated rings. The molecule has 0 aliphatic carbocycles. The molecule has 2 aromatic carbocycles. The molecule has 154 valence electrons. The number of carbonyl (C=O) groups excluding carboxylic acids is 1. The Balaban J connectivity index is 1.64. The van der Waals surface area contributed by atoms with E-state index in [0.717, 1.165) is 18.7 Å². The summed E-state index contributed by atoms with van der Waals surface area (Å²) in [5.41, 5.74) is 10.4. The van der Waals surface area contributed by atoms with Gasteiger partial charge >= 0.3 is 0 Å². The quantitative estimate of drug-likeness (QED) is 0.715. The highest BCUT2D eigenvalue weighted by atomic mass is 35.5. The Labute approximate surface area is 174 Å². The lowest BCUT2D eigenvalue weighted by Gasteiger charge is -2.42. The smallest absolute Gasteiger partial charge is 0.227 e. The van der Waals surface area contributed by atoms with Gasteiger partial charge in [-0.05, 0) is 53.8 Å². The van der Waals surface area contributed by atoms with Gasteiger partial charge in [-0.2, -0.15) is 0 Å². The molecule has 0 spiro atoms. The summed E-state index contributed by atoms with van der Waals surface area (Å²) in [4.78, 5) is 14.9. The van der Waals surface area contributed by atoms with E-state index in [1.54, 1.807) is 4.90 Å². The minimum absolute atomic E-state index is 0.00290. The number of hydrogen-bond acceptors (Lipinski definition) is 4. The fraction of sp³-hybridized carbons (Fsp3) is 0.409. The van der Waals surface area contributed by atoms with Crippen LogP contribution in [0.3, 0.4) is 0 Å². The highest BCUT2D eigenvalue weighted by Gasteiger charge is 2.36. The van der Waals surface area contributed by atoms with Crippen LogP contribution in [0.25, 0.3) is 0 Å². The second-order valence-corrected chi connectivity index (χ2v) is 8.21. The van der Waals surface area contributed by atoms with Crippen molar-refractivity contribution < 1.29 is 14.3 Å². The highest BCUT2D eigenvalue weighted by molar-refractivity contribution is 6.31. The van der Waals surface area contributed by atoms with Crippen LogP contribution in [0.4, 0.5) is 4.39 Å². The molecule has 0 aromatic heterocycles. The van der Waals surface area contributed by atoms with Crippen molar-refractivity contribution in [2.45, 2.75) is 37.8 Å². The molecule has 7 heteroatoms. The number of hydrogen-bond donors (Lipinski definition) is 3. The fourth-order valence-electron chi connectivity index (χ4n) is 4.62. The summed E-state index contributed by atoms with van der Waals surface area (Å²) >= 11 is 6.16. The first kappa shape index (κ1) is 20.3. The second kappa shape index (κ2) is 8.40. The fourth-order valence-corrected chi connectivity index (χ4v) is 4.81. The average molecular weight is 418 g/mol. The zero-order valence-electron chi connectivity index (χ0n) is 16.3. The van der Waals surface area contributed by atoms with Crippen molar-refractivity contribution in [3.8, 4) is 0 Å². The molecule has 2 heterocycles. The maximum Gasteiger partial charge on any atom is 0.227 e. The number of benzene rings is 2. The van der Waals surface area contributed by atoms with Crippen LogP contribution < -0.4 is 10.9 Å². The maximum absolute atomic E-state index is 13.6. The first-order chi connectivity index (χ1) is 14.0. The predicted octanol–water partition coefficient (Wildman–Crippen LogP) is 2.72. The molecule has 1 saturated heterocycles. The summed E-state index contributed by atoms with van der Waals surface area (Å²) in [6.45, 7) is 3.58. The number of nitrogens with zero attached hydrogens (tertiary/aromatic N) is 1. The summed E-state index contributed by atoms with van der Waals surface area (Å²) in [5, 5.41) is 10.4. The Bertz CT molecular complexity index is 917. The summed E-state index contributed by atoms with van der Waals surface area (Å²) in [6.07, 6.45) is 0.606. The summed E-state index contributed by atoms with van der Waals surface area (Å²) in [5.74, 6) is -0.217. The Morgan fingerprint density at radius 2 is 1.97 bits per heavy atom. The minimum Gasteiger partial charge on any atom is -0.394 e. The van der Waals surface area contributed by atoms with E-state index in [9.17, 15) is 14.3 Å². The molecular weight excluding hydrogens is 393 g/mol. The number of aliphatic hydroxyl groups excluding tert-OH is 1. The Morgan fingerprint density at radius 3 is 2.69 bits per heavy atom. The van der Waals surface area contributed by atoms with Gasteiger partial charge in [0, 0.05) is 24.0 Å². The van der Waals surface area contributed by atoms with E-state index in [0.29, 0.717) is 22.9 Å². The van der Waals surface area contributed by atoms with Crippen molar-refractivity contribution in [2.24, 2.45) is 0 Å². The van der Waals surface area contributed by atoms with E-state index < -0.39 is 5.82 Å². The van der Waals surface area contributed by atoms with Gasteiger partial charge in [0.1, 0.15) is 5.82 Å². The monoisotopic (exact) mass is 417 g/mol. The van der Waals surface area contributed by atoms with Gasteiger partial charge in [-0.15, -0.1) is 0 Å². The molecule has 0 bridgehead atoms. The van der Waals surface area contributed by atoms with Crippen LogP contribution in [-0.2, 0) is 17.6 Å². The lowest BCUT2D eigenvalue weighted by atomic mass is 9.82. The lowest BCUT2D eigenvalue weighted by Crippen LogP contribution is -2.49. The predicted molar refractivity (Wildman–Crippen MR) is 110 cm³/mol. The Kier molecular flexibility index (Phi) is 5.88.